The Kier molecular flexibility index (Phi) is 9.73. The van der Waals surface area contributed by atoms with Crippen molar-refractivity contribution in [3.63, 3.8) is 0 Å². The maximum absolute atomic E-state index is 12.8. The van der Waals surface area contributed by atoms with Gasteiger partial charge in [-0.25, -0.2) is 22.9 Å². The molecular formula is C25H26N4O8S. The molecule has 0 radical (unpaired) electrons. The normalized spacial score (nSPS) is 10.8. The zero-order valence-electron chi connectivity index (χ0n) is 20.3. The Morgan fingerprint density at radius 1 is 0.921 bits per heavy atom. The molecule has 1 aromatic heterocycles. The van der Waals surface area contributed by atoms with Crippen LogP contribution in [0, 0.1) is 0 Å². The lowest BCUT2D eigenvalue weighted by molar-refractivity contribution is 0.0952. The van der Waals surface area contributed by atoms with Crippen LogP contribution in [0.4, 0.5) is 4.79 Å². The van der Waals surface area contributed by atoms with Crippen molar-refractivity contribution in [2.45, 2.75) is 11.3 Å². The average molecular weight is 543 g/mol. The first-order chi connectivity index (χ1) is 18.2. The third kappa shape index (κ3) is 8.01. The third-order valence-electron chi connectivity index (χ3n) is 5.07. The number of hydrogen-bond donors (Lipinski definition) is 4. The highest BCUT2D eigenvalue weighted by Gasteiger charge is 2.21. The lowest BCUT2D eigenvalue weighted by Gasteiger charge is -2.10. The minimum atomic E-state index is -4.31. The van der Waals surface area contributed by atoms with Crippen molar-refractivity contribution in [1.29, 1.82) is 0 Å². The number of nitrogens with zero attached hydrogens (tertiary/aromatic N) is 1. The van der Waals surface area contributed by atoms with Gasteiger partial charge in [-0.15, -0.1) is 0 Å². The summed E-state index contributed by atoms with van der Waals surface area (Å²) < 4.78 is 37.4. The van der Waals surface area contributed by atoms with Gasteiger partial charge < -0.3 is 25.2 Å². The second-order valence-corrected chi connectivity index (χ2v) is 9.42. The van der Waals surface area contributed by atoms with Crippen molar-refractivity contribution in [3.8, 4) is 11.6 Å². The molecule has 0 fully saturated rings. The zero-order chi connectivity index (χ0) is 27.5. The number of carbonyl (C=O) groups excluding carboxylic acids is 3. The number of rotatable bonds is 11. The van der Waals surface area contributed by atoms with Gasteiger partial charge in [0.25, 0.3) is 21.8 Å². The number of carbonyl (C=O) groups is 3. The standard InChI is InChI=1S/C25H26N4O8S/c1-36-20-8-5-17(6-9-20)11-12-26-23(31)18-3-2-4-21(15-18)38(34,35)29-24(32)19-7-10-22(28-16-19)37-25(33)27-13-14-30/h2-10,15-16,30H,11-14H2,1H3,(H,26,31)(H,27,33)(H,29,32). The number of amides is 3. The first-order valence-electron chi connectivity index (χ1n) is 11.3. The summed E-state index contributed by atoms with van der Waals surface area (Å²) in [6.45, 7) is 0.0483. The second-order valence-electron chi connectivity index (χ2n) is 7.74. The van der Waals surface area contributed by atoms with Crippen LogP contribution in [0.1, 0.15) is 26.3 Å². The Labute approximate surface area is 219 Å². The van der Waals surface area contributed by atoms with Crippen molar-refractivity contribution in [2.75, 3.05) is 26.8 Å². The Morgan fingerprint density at radius 2 is 1.68 bits per heavy atom. The molecule has 13 heteroatoms. The number of aromatic nitrogens is 1. The lowest BCUT2D eigenvalue weighted by atomic mass is 10.1. The Bertz CT molecular complexity index is 1380. The van der Waals surface area contributed by atoms with E-state index in [9.17, 15) is 22.8 Å². The van der Waals surface area contributed by atoms with E-state index in [2.05, 4.69) is 15.6 Å². The van der Waals surface area contributed by atoms with Gasteiger partial charge in [0.15, 0.2) is 0 Å². The zero-order valence-corrected chi connectivity index (χ0v) is 21.2. The number of hydrogen-bond acceptors (Lipinski definition) is 9. The summed E-state index contributed by atoms with van der Waals surface area (Å²) in [5, 5.41) is 13.7. The molecule has 3 amide bonds. The van der Waals surface area contributed by atoms with E-state index in [1.54, 1.807) is 7.11 Å². The van der Waals surface area contributed by atoms with Crippen LogP contribution in [-0.4, -0.2) is 63.2 Å². The minimum absolute atomic E-state index is 0.0102. The number of methoxy groups -OCH3 is 1. The molecule has 0 unspecified atom stereocenters. The van der Waals surface area contributed by atoms with E-state index in [0.29, 0.717) is 13.0 Å². The summed E-state index contributed by atoms with van der Waals surface area (Å²) in [6, 6.07) is 15.1. The molecule has 0 saturated heterocycles. The summed E-state index contributed by atoms with van der Waals surface area (Å²) in [6.07, 6.45) is 0.747. The van der Waals surface area contributed by atoms with Crippen LogP contribution in [0.25, 0.3) is 0 Å². The summed E-state index contributed by atoms with van der Waals surface area (Å²) in [4.78, 5) is 40.0. The van der Waals surface area contributed by atoms with Gasteiger partial charge in [0, 0.05) is 30.9 Å². The van der Waals surface area contributed by atoms with Gasteiger partial charge in [0.05, 0.1) is 24.2 Å². The quantitative estimate of drug-likeness (QED) is 0.278. The van der Waals surface area contributed by atoms with Crippen LogP contribution in [-0.2, 0) is 16.4 Å². The second kappa shape index (κ2) is 13.2. The molecule has 0 bridgehead atoms. The summed E-state index contributed by atoms with van der Waals surface area (Å²) in [5.74, 6) is -0.845. The molecule has 12 nitrogen and oxygen atoms in total. The molecule has 3 aromatic rings. The van der Waals surface area contributed by atoms with E-state index in [1.165, 1.54) is 36.4 Å². The monoisotopic (exact) mass is 542 g/mol. The number of pyridine rings is 1. The molecular weight excluding hydrogens is 516 g/mol. The fourth-order valence-corrected chi connectivity index (χ4v) is 4.14. The predicted molar refractivity (Wildman–Crippen MR) is 135 cm³/mol. The van der Waals surface area contributed by atoms with Crippen LogP contribution in [0.5, 0.6) is 11.6 Å². The smallest absolute Gasteiger partial charge is 0.414 e. The summed E-state index contributed by atoms with van der Waals surface area (Å²) in [5.41, 5.74) is 0.992. The van der Waals surface area contributed by atoms with Crippen LogP contribution >= 0.6 is 0 Å². The van der Waals surface area contributed by atoms with Gasteiger partial charge in [-0.05, 0) is 48.4 Å². The largest absolute Gasteiger partial charge is 0.497 e. The minimum Gasteiger partial charge on any atom is -0.497 e. The van der Waals surface area contributed by atoms with Crippen LogP contribution in [0.2, 0.25) is 0 Å². The Hall–Kier alpha value is -4.49. The Morgan fingerprint density at radius 3 is 2.34 bits per heavy atom. The number of benzene rings is 2. The number of sulfonamides is 1. The number of aliphatic hydroxyl groups excluding tert-OH is 1. The molecule has 38 heavy (non-hydrogen) atoms. The van der Waals surface area contributed by atoms with Gasteiger partial charge in [-0.3, -0.25) is 9.59 Å². The SMILES string of the molecule is COc1ccc(CCNC(=O)c2cccc(S(=O)(=O)NC(=O)c3ccc(OC(=O)NCCO)nc3)c2)cc1. The highest BCUT2D eigenvalue weighted by molar-refractivity contribution is 7.90. The number of nitrogens with one attached hydrogen (secondary N) is 3. The highest BCUT2D eigenvalue weighted by atomic mass is 32.2. The molecule has 0 spiro atoms. The van der Waals surface area contributed by atoms with Crippen LogP contribution in [0.15, 0.2) is 71.8 Å². The van der Waals surface area contributed by atoms with Gasteiger partial charge in [-0.2, -0.15) is 0 Å². The van der Waals surface area contributed by atoms with Gasteiger partial charge in [0.1, 0.15) is 5.75 Å². The van der Waals surface area contributed by atoms with E-state index < -0.39 is 27.9 Å². The predicted octanol–water partition coefficient (Wildman–Crippen LogP) is 1.26. The van der Waals surface area contributed by atoms with Gasteiger partial charge >= 0.3 is 6.09 Å². The first-order valence-corrected chi connectivity index (χ1v) is 12.8. The maximum Gasteiger partial charge on any atom is 0.414 e. The first kappa shape index (κ1) is 28.1. The molecule has 200 valence electrons. The number of ether oxygens (including phenoxy) is 2. The van der Waals surface area contributed by atoms with Gasteiger partial charge in [0.2, 0.25) is 5.88 Å². The molecule has 0 atom stereocenters. The topological polar surface area (TPSA) is 173 Å². The Balaban J connectivity index is 1.58. The maximum atomic E-state index is 12.8. The number of aliphatic hydroxyl groups is 1. The van der Waals surface area contributed by atoms with E-state index in [1.807, 2.05) is 29.0 Å². The van der Waals surface area contributed by atoms with E-state index in [-0.39, 0.29) is 35.1 Å². The molecule has 4 N–H and O–H groups in total. The molecule has 0 aliphatic heterocycles. The highest BCUT2D eigenvalue weighted by Crippen LogP contribution is 2.14. The van der Waals surface area contributed by atoms with Crippen molar-refractivity contribution < 1.29 is 37.4 Å². The lowest BCUT2D eigenvalue weighted by Crippen LogP contribution is -2.31. The van der Waals surface area contributed by atoms with Crippen LogP contribution in [0.3, 0.4) is 0 Å². The third-order valence-corrected chi connectivity index (χ3v) is 6.40. The molecule has 1 heterocycles. The van der Waals surface area contributed by atoms with E-state index >= 15 is 0 Å². The average Bonchev–Trinajstić information content (AvgIpc) is 2.92. The van der Waals surface area contributed by atoms with E-state index in [4.69, 9.17) is 14.6 Å². The fraction of sp³-hybridized carbons (Fsp3) is 0.200. The summed E-state index contributed by atoms with van der Waals surface area (Å²) in [7, 11) is -2.74. The van der Waals surface area contributed by atoms with Crippen molar-refractivity contribution in [2.24, 2.45) is 0 Å². The van der Waals surface area contributed by atoms with Crippen LogP contribution < -0.4 is 24.8 Å². The molecule has 0 aliphatic carbocycles. The van der Waals surface area contributed by atoms with Gasteiger partial charge in [-0.1, -0.05) is 18.2 Å². The van der Waals surface area contributed by atoms with Crippen molar-refractivity contribution >= 4 is 27.9 Å². The van der Waals surface area contributed by atoms with Crippen molar-refractivity contribution in [3.05, 3.63) is 83.6 Å². The van der Waals surface area contributed by atoms with E-state index in [0.717, 1.165) is 17.5 Å². The fourth-order valence-electron chi connectivity index (χ4n) is 3.12. The molecule has 0 aliphatic rings. The molecule has 0 saturated carbocycles. The molecule has 2 aromatic carbocycles. The molecule has 3 rings (SSSR count). The van der Waals surface area contributed by atoms with Crippen molar-refractivity contribution in [1.82, 2.24) is 20.3 Å². The summed E-state index contributed by atoms with van der Waals surface area (Å²) >= 11 is 0.